The Morgan fingerprint density at radius 3 is 2.76 bits per heavy atom. The summed E-state index contributed by atoms with van der Waals surface area (Å²) in [5.41, 5.74) is 4.95. The van der Waals surface area contributed by atoms with E-state index in [4.69, 9.17) is 0 Å². The number of para-hydroxylation sites is 1. The summed E-state index contributed by atoms with van der Waals surface area (Å²) in [7, 11) is 0. The molecule has 1 N–H and O–H groups in total. The van der Waals surface area contributed by atoms with Crippen LogP contribution in [0.1, 0.15) is 44.5 Å². The van der Waals surface area contributed by atoms with E-state index in [0.29, 0.717) is 12.1 Å². The van der Waals surface area contributed by atoms with Crippen LogP contribution in [0.15, 0.2) is 66.9 Å². The molecule has 0 spiro atoms. The van der Waals surface area contributed by atoms with Crippen molar-refractivity contribution in [2.24, 2.45) is 0 Å². The molecule has 0 bridgehead atoms. The summed E-state index contributed by atoms with van der Waals surface area (Å²) in [4.78, 5) is 31.7. The van der Waals surface area contributed by atoms with Gasteiger partial charge in [0.1, 0.15) is 5.69 Å². The maximum atomic E-state index is 13.1. The first kappa shape index (κ1) is 18.9. The number of rotatable bonds is 4. The Morgan fingerprint density at radius 1 is 1.10 bits per heavy atom. The van der Waals surface area contributed by atoms with Crippen LogP contribution in [0.3, 0.4) is 0 Å². The van der Waals surface area contributed by atoms with Crippen LogP contribution in [-0.4, -0.2) is 22.8 Å². The predicted molar refractivity (Wildman–Crippen MR) is 113 cm³/mol. The third-order valence-electron chi connectivity index (χ3n) is 5.20. The second-order valence-corrected chi connectivity index (χ2v) is 7.46. The average molecular weight is 385 g/mol. The van der Waals surface area contributed by atoms with Crippen LogP contribution in [0, 0.1) is 6.92 Å². The molecule has 0 saturated heterocycles. The van der Waals surface area contributed by atoms with E-state index < -0.39 is 0 Å². The number of nitrogens with one attached hydrogen (secondary N) is 1. The molecule has 2 heterocycles. The van der Waals surface area contributed by atoms with Gasteiger partial charge in [-0.05, 0) is 49.6 Å². The van der Waals surface area contributed by atoms with E-state index in [9.17, 15) is 9.59 Å². The minimum atomic E-state index is -0.224. The van der Waals surface area contributed by atoms with Crippen LogP contribution in [0.2, 0.25) is 0 Å². The van der Waals surface area contributed by atoms with Crippen LogP contribution in [-0.2, 0) is 13.0 Å². The van der Waals surface area contributed by atoms with E-state index in [1.54, 1.807) is 17.0 Å². The van der Waals surface area contributed by atoms with Crippen LogP contribution < -0.4 is 10.2 Å². The maximum absolute atomic E-state index is 13.1. The third-order valence-corrected chi connectivity index (χ3v) is 5.20. The Labute approximate surface area is 170 Å². The SMILES string of the molecule is Cc1cccc(CNC(=O)c2ccnc(C(=O)N3c4ccccc4CC3C)c2)c1. The summed E-state index contributed by atoms with van der Waals surface area (Å²) in [6, 6.07) is 19.2. The van der Waals surface area contributed by atoms with E-state index >= 15 is 0 Å². The Kier molecular flexibility index (Phi) is 5.12. The quantitative estimate of drug-likeness (QED) is 0.741. The van der Waals surface area contributed by atoms with Gasteiger partial charge in [0.15, 0.2) is 0 Å². The normalized spacial score (nSPS) is 15.1. The highest BCUT2D eigenvalue weighted by Gasteiger charge is 2.32. The van der Waals surface area contributed by atoms with Crippen molar-refractivity contribution in [3.05, 3.63) is 94.8 Å². The van der Waals surface area contributed by atoms with Crippen LogP contribution in [0.5, 0.6) is 0 Å². The number of carbonyl (C=O) groups excluding carboxylic acids is 2. The number of carbonyl (C=O) groups is 2. The smallest absolute Gasteiger partial charge is 0.277 e. The molecule has 2 amide bonds. The number of amides is 2. The number of pyridine rings is 1. The van der Waals surface area contributed by atoms with Gasteiger partial charge in [-0.25, -0.2) is 0 Å². The number of hydrogen-bond donors (Lipinski definition) is 1. The summed E-state index contributed by atoms with van der Waals surface area (Å²) in [5, 5.41) is 2.91. The van der Waals surface area contributed by atoms with Gasteiger partial charge in [0, 0.05) is 30.0 Å². The van der Waals surface area contributed by atoms with Gasteiger partial charge in [-0.2, -0.15) is 0 Å². The first-order valence-electron chi connectivity index (χ1n) is 9.74. The molecule has 0 radical (unpaired) electrons. The summed E-state index contributed by atoms with van der Waals surface area (Å²) < 4.78 is 0. The molecule has 146 valence electrons. The van der Waals surface area contributed by atoms with Gasteiger partial charge in [-0.3, -0.25) is 14.6 Å². The van der Waals surface area contributed by atoms with Gasteiger partial charge in [0.05, 0.1) is 0 Å². The third kappa shape index (κ3) is 3.90. The highest BCUT2D eigenvalue weighted by Crippen LogP contribution is 2.32. The topological polar surface area (TPSA) is 62.3 Å². The molecular weight excluding hydrogens is 362 g/mol. The molecule has 0 saturated carbocycles. The molecule has 2 aromatic carbocycles. The molecule has 1 unspecified atom stereocenters. The van der Waals surface area contributed by atoms with Crippen LogP contribution >= 0.6 is 0 Å². The lowest BCUT2D eigenvalue weighted by Crippen LogP contribution is -2.36. The van der Waals surface area contributed by atoms with Crippen molar-refractivity contribution in [3.63, 3.8) is 0 Å². The molecule has 4 rings (SSSR count). The van der Waals surface area contributed by atoms with Crippen molar-refractivity contribution in [1.29, 1.82) is 0 Å². The summed E-state index contributed by atoms with van der Waals surface area (Å²) >= 11 is 0. The van der Waals surface area contributed by atoms with E-state index in [1.165, 1.54) is 6.20 Å². The molecule has 1 aromatic heterocycles. The Hall–Kier alpha value is -3.47. The fourth-order valence-electron chi connectivity index (χ4n) is 3.79. The number of hydrogen-bond acceptors (Lipinski definition) is 3. The minimum absolute atomic E-state index is 0.0560. The molecule has 1 aliphatic rings. The zero-order valence-corrected chi connectivity index (χ0v) is 16.6. The Bertz CT molecular complexity index is 1080. The van der Waals surface area contributed by atoms with Crippen molar-refractivity contribution in [3.8, 4) is 0 Å². The summed E-state index contributed by atoms with van der Waals surface area (Å²) in [6.45, 7) is 4.47. The molecule has 3 aromatic rings. The van der Waals surface area contributed by atoms with Gasteiger partial charge >= 0.3 is 0 Å². The molecule has 1 aliphatic heterocycles. The first-order valence-corrected chi connectivity index (χ1v) is 9.74. The van der Waals surface area contributed by atoms with Gasteiger partial charge in [-0.1, -0.05) is 48.0 Å². The van der Waals surface area contributed by atoms with Crippen molar-refractivity contribution in [2.75, 3.05) is 4.90 Å². The standard InChI is InChI=1S/C24H23N3O2/c1-16-6-5-7-18(12-16)15-26-23(28)20-10-11-25-21(14-20)24(29)27-17(2)13-19-8-3-4-9-22(19)27/h3-12,14,17H,13,15H2,1-2H3,(H,26,28). The Morgan fingerprint density at radius 2 is 1.93 bits per heavy atom. The zero-order chi connectivity index (χ0) is 20.4. The van der Waals surface area contributed by atoms with E-state index in [0.717, 1.165) is 28.8 Å². The minimum Gasteiger partial charge on any atom is -0.348 e. The molecule has 5 nitrogen and oxygen atoms in total. The molecule has 29 heavy (non-hydrogen) atoms. The molecule has 1 atom stereocenters. The maximum Gasteiger partial charge on any atom is 0.277 e. The number of aryl methyl sites for hydroxylation is 1. The van der Waals surface area contributed by atoms with Gasteiger partial charge < -0.3 is 10.2 Å². The number of benzene rings is 2. The molecule has 0 aliphatic carbocycles. The lowest BCUT2D eigenvalue weighted by atomic mass is 10.1. The van der Waals surface area contributed by atoms with Crippen molar-refractivity contribution < 1.29 is 9.59 Å². The summed E-state index contributed by atoms with van der Waals surface area (Å²) in [6.07, 6.45) is 2.33. The highest BCUT2D eigenvalue weighted by atomic mass is 16.2. The van der Waals surface area contributed by atoms with Gasteiger partial charge in [0.2, 0.25) is 0 Å². The average Bonchev–Trinajstić information content (AvgIpc) is 3.07. The van der Waals surface area contributed by atoms with E-state index in [1.807, 2.05) is 62.4 Å². The second kappa shape index (κ2) is 7.87. The number of nitrogens with zero attached hydrogens (tertiary/aromatic N) is 2. The molecule has 5 heteroatoms. The van der Waals surface area contributed by atoms with Crippen molar-refractivity contribution in [1.82, 2.24) is 10.3 Å². The molecular formula is C24H23N3O2. The number of aromatic nitrogens is 1. The Balaban J connectivity index is 1.51. The van der Waals surface area contributed by atoms with Gasteiger partial charge in [0.25, 0.3) is 11.8 Å². The fraction of sp³-hybridized carbons (Fsp3) is 0.208. The zero-order valence-electron chi connectivity index (χ0n) is 16.6. The summed E-state index contributed by atoms with van der Waals surface area (Å²) in [5.74, 6) is -0.409. The van der Waals surface area contributed by atoms with Crippen LogP contribution in [0.4, 0.5) is 5.69 Å². The van der Waals surface area contributed by atoms with E-state index in [-0.39, 0.29) is 23.6 Å². The fourth-order valence-corrected chi connectivity index (χ4v) is 3.79. The van der Waals surface area contributed by atoms with E-state index in [2.05, 4.69) is 10.3 Å². The second-order valence-electron chi connectivity index (χ2n) is 7.46. The van der Waals surface area contributed by atoms with Crippen molar-refractivity contribution in [2.45, 2.75) is 32.9 Å². The molecule has 0 fully saturated rings. The lowest BCUT2D eigenvalue weighted by Gasteiger charge is -2.22. The predicted octanol–water partition coefficient (Wildman–Crippen LogP) is 3.91. The van der Waals surface area contributed by atoms with Crippen molar-refractivity contribution >= 4 is 17.5 Å². The number of fused-ring (bicyclic) bond motifs is 1. The van der Waals surface area contributed by atoms with Crippen LogP contribution in [0.25, 0.3) is 0 Å². The largest absolute Gasteiger partial charge is 0.348 e. The lowest BCUT2D eigenvalue weighted by molar-refractivity contribution is 0.0950. The number of anilines is 1. The highest BCUT2D eigenvalue weighted by molar-refractivity contribution is 6.07. The van der Waals surface area contributed by atoms with Gasteiger partial charge in [-0.15, -0.1) is 0 Å². The first-order chi connectivity index (χ1) is 14.0. The monoisotopic (exact) mass is 385 g/mol.